The fourth-order valence-corrected chi connectivity index (χ4v) is 3.47. The molecule has 1 heterocycles. The first-order valence-corrected chi connectivity index (χ1v) is 10.6. The fourth-order valence-electron chi connectivity index (χ4n) is 3.47. The lowest BCUT2D eigenvalue weighted by atomic mass is 10.1. The van der Waals surface area contributed by atoms with Gasteiger partial charge in [-0.2, -0.15) is 4.98 Å². The number of carbonyl (C=O) groups excluding carboxylic acids is 1. The zero-order valence-corrected chi connectivity index (χ0v) is 18.7. The van der Waals surface area contributed by atoms with Crippen LogP contribution in [0.1, 0.15) is 19.2 Å². The molecule has 0 aliphatic heterocycles. The van der Waals surface area contributed by atoms with Gasteiger partial charge in [-0.05, 0) is 30.0 Å². The van der Waals surface area contributed by atoms with Gasteiger partial charge in [-0.25, -0.2) is 0 Å². The topological polar surface area (TPSA) is 95.7 Å². The standard InChI is InChI=1S/C25H25N3O5/c1-4-20(32-21-11-7-9-16-8-5-6-10-18(16)21)25(29)26-15-23-27-24(28-33-23)19-13-12-17(30-2)14-22(19)31-3/h5-14,20H,4,15H2,1-3H3,(H,26,29)/t20-/m0/s1. The van der Waals surface area contributed by atoms with Crippen molar-refractivity contribution >= 4 is 16.7 Å². The van der Waals surface area contributed by atoms with E-state index in [1.54, 1.807) is 32.4 Å². The van der Waals surface area contributed by atoms with Gasteiger partial charge >= 0.3 is 0 Å². The lowest BCUT2D eigenvalue weighted by Gasteiger charge is -2.18. The molecule has 4 aromatic rings. The zero-order chi connectivity index (χ0) is 23.2. The maximum atomic E-state index is 12.8. The van der Waals surface area contributed by atoms with Crippen LogP contribution in [0.15, 0.2) is 65.2 Å². The van der Waals surface area contributed by atoms with E-state index in [-0.39, 0.29) is 18.3 Å². The predicted octanol–water partition coefficient (Wildman–Crippen LogP) is 4.38. The van der Waals surface area contributed by atoms with Crippen LogP contribution in [-0.2, 0) is 11.3 Å². The summed E-state index contributed by atoms with van der Waals surface area (Å²) in [6, 6.07) is 19.0. The molecular weight excluding hydrogens is 422 g/mol. The Morgan fingerprint density at radius 2 is 1.85 bits per heavy atom. The van der Waals surface area contributed by atoms with Gasteiger partial charge in [0.1, 0.15) is 17.2 Å². The third kappa shape index (κ3) is 4.90. The molecule has 0 saturated heterocycles. The Morgan fingerprint density at radius 1 is 1.03 bits per heavy atom. The highest BCUT2D eigenvalue weighted by molar-refractivity contribution is 5.89. The van der Waals surface area contributed by atoms with E-state index in [9.17, 15) is 4.79 Å². The second kappa shape index (κ2) is 10.0. The molecule has 1 aromatic heterocycles. The van der Waals surface area contributed by atoms with Gasteiger partial charge in [0.15, 0.2) is 6.10 Å². The number of carbonyl (C=O) groups is 1. The fraction of sp³-hybridized carbons (Fsp3) is 0.240. The molecule has 0 saturated carbocycles. The lowest BCUT2D eigenvalue weighted by molar-refractivity contribution is -0.128. The van der Waals surface area contributed by atoms with Crippen LogP contribution < -0.4 is 19.5 Å². The Labute approximate surface area is 191 Å². The van der Waals surface area contributed by atoms with Crippen LogP contribution in [0.3, 0.4) is 0 Å². The average Bonchev–Trinajstić information content (AvgIpc) is 3.34. The molecule has 0 spiro atoms. The van der Waals surface area contributed by atoms with Gasteiger partial charge in [0.2, 0.25) is 11.7 Å². The second-order valence-electron chi connectivity index (χ2n) is 7.29. The summed E-state index contributed by atoms with van der Waals surface area (Å²) >= 11 is 0. The number of methoxy groups -OCH3 is 2. The summed E-state index contributed by atoms with van der Waals surface area (Å²) in [4.78, 5) is 17.1. The molecule has 0 radical (unpaired) electrons. The highest BCUT2D eigenvalue weighted by Gasteiger charge is 2.21. The highest BCUT2D eigenvalue weighted by atomic mass is 16.5. The van der Waals surface area contributed by atoms with Gasteiger partial charge in [-0.1, -0.05) is 48.5 Å². The first kappa shape index (κ1) is 22.1. The number of aromatic nitrogens is 2. The molecule has 0 unspecified atom stereocenters. The molecule has 1 atom stereocenters. The van der Waals surface area contributed by atoms with Crippen LogP contribution in [0, 0.1) is 0 Å². The second-order valence-corrected chi connectivity index (χ2v) is 7.29. The number of hydrogen-bond donors (Lipinski definition) is 1. The van der Waals surface area contributed by atoms with E-state index in [0.717, 1.165) is 10.8 Å². The molecule has 1 amide bonds. The van der Waals surface area contributed by atoms with Gasteiger partial charge in [0, 0.05) is 11.5 Å². The normalized spacial score (nSPS) is 11.7. The molecule has 1 N–H and O–H groups in total. The third-order valence-corrected chi connectivity index (χ3v) is 5.21. The lowest BCUT2D eigenvalue weighted by Crippen LogP contribution is -2.37. The summed E-state index contributed by atoms with van der Waals surface area (Å²) < 4.78 is 22.0. The van der Waals surface area contributed by atoms with E-state index in [4.69, 9.17) is 18.7 Å². The monoisotopic (exact) mass is 447 g/mol. The first-order chi connectivity index (χ1) is 16.1. The minimum atomic E-state index is -0.653. The molecule has 170 valence electrons. The van der Waals surface area contributed by atoms with E-state index in [1.165, 1.54) is 0 Å². The van der Waals surface area contributed by atoms with Crippen LogP contribution in [0.2, 0.25) is 0 Å². The van der Waals surface area contributed by atoms with Crippen molar-refractivity contribution in [2.45, 2.75) is 26.0 Å². The van der Waals surface area contributed by atoms with Gasteiger partial charge in [0.25, 0.3) is 5.91 Å². The molecule has 0 fully saturated rings. The summed E-state index contributed by atoms with van der Waals surface area (Å²) in [6.07, 6.45) is -0.146. The maximum Gasteiger partial charge on any atom is 0.261 e. The van der Waals surface area contributed by atoms with Crippen molar-refractivity contribution in [1.29, 1.82) is 0 Å². The van der Waals surface area contributed by atoms with Crippen LogP contribution in [0.4, 0.5) is 0 Å². The van der Waals surface area contributed by atoms with Crippen molar-refractivity contribution in [3.63, 3.8) is 0 Å². The first-order valence-electron chi connectivity index (χ1n) is 10.6. The molecule has 3 aromatic carbocycles. The van der Waals surface area contributed by atoms with Crippen molar-refractivity contribution in [2.24, 2.45) is 0 Å². The van der Waals surface area contributed by atoms with Crippen molar-refractivity contribution < 1.29 is 23.5 Å². The molecule has 4 rings (SSSR count). The van der Waals surface area contributed by atoms with Gasteiger partial charge in [-0.15, -0.1) is 0 Å². The summed E-state index contributed by atoms with van der Waals surface area (Å²) in [6.45, 7) is 1.98. The highest BCUT2D eigenvalue weighted by Crippen LogP contribution is 2.31. The van der Waals surface area contributed by atoms with Crippen molar-refractivity contribution in [1.82, 2.24) is 15.5 Å². The number of rotatable bonds is 9. The van der Waals surface area contributed by atoms with E-state index < -0.39 is 6.10 Å². The minimum absolute atomic E-state index is 0.0830. The van der Waals surface area contributed by atoms with Crippen LogP contribution >= 0.6 is 0 Å². The third-order valence-electron chi connectivity index (χ3n) is 5.21. The van der Waals surface area contributed by atoms with Crippen molar-refractivity contribution in [3.8, 4) is 28.6 Å². The zero-order valence-electron chi connectivity index (χ0n) is 18.7. The number of nitrogens with one attached hydrogen (secondary N) is 1. The summed E-state index contributed by atoms with van der Waals surface area (Å²) in [5.74, 6) is 2.26. The number of fused-ring (bicyclic) bond motifs is 1. The van der Waals surface area contributed by atoms with Crippen LogP contribution in [0.25, 0.3) is 22.2 Å². The Balaban J connectivity index is 1.43. The quantitative estimate of drug-likeness (QED) is 0.407. The van der Waals surface area contributed by atoms with E-state index in [0.29, 0.717) is 35.1 Å². The number of ether oxygens (including phenoxy) is 3. The number of hydrogen-bond acceptors (Lipinski definition) is 7. The Morgan fingerprint density at radius 3 is 2.64 bits per heavy atom. The summed E-state index contributed by atoms with van der Waals surface area (Å²) in [5, 5.41) is 8.84. The number of benzene rings is 3. The molecule has 0 aliphatic rings. The summed E-state index contributed by atoms with van der Waals surface area (Å²) in [5.41, 5.74) is 0.658. The summed E-state index contributed by atoms with van der Waals surface area (Å²) in [7, 11) is 3.14. The van der Waals surface area contributed by atoms with Crippen LogP contribution in [-0.4, -0.2) is 36.4 Å². The minimum Gasteiger partial charge on any atom is -0.497 e. The van der Waals surface area contributed by atoms with Gasteiger partial charge in [0.05, 0.1) is 26.3 Å². The Hall–Kier alpha value is -4.07. The molecule has 0 aliphatic carbocycles. The number of nitrogens with zero attached hydrogens (tertiary/aromatic N) is 2. The van der Waals surface area contributed by atoms with Crippen molar-refractivity contribution in [3.05, 3.63) is 66.6 Å². The molecular formula is C25H25N3O5. The maximum absolute atomic E-state index is 12.8. The Kier molecular flexibility index (Phi) is 6.73. The van der Waals surface area contributed by atoms with E-state index in [2.05, 4.69) is 15.5 Å². The molecule has 33 heavy (non-hydrogen) atoms. The SMILES string of the molecule is CC[C@H](Oc1cccc2ccccc12)C(=O)NCc1nc(-c2ccc(OC)cc2OC)no1. The van der Waals surface area contributed by atoms with E-state index >= 15 is 0 Å². The van der Waals surface area contributed by atoms with Crippen LogP contribution in [0.5, 0.6) is 17.2 Å². The van der Waals surface area contributed by atoms with Gasteiger partial charge < -0.3 is 24.1 Å². The predicted molar refractivity (Wildman–Crippen MR) is 123 cm³/mol. The van der Waals surface area contributed by atoms with E-state index in [1.807, 2.05) is 49.4 Å². The largest absolute Gasteiger partial charge is 0.497 e. The molecule has 8 nitrogen and oxygen atoms in total. The molecule has 0 bridgehead atoms. The number of amides is 1. The van der Waals surface area contributed by atoms with Crippen molar-refractivity contribution in [2.75, 3.05) is 14.2 Å². The Bertz CT molecular complexity index is 1250. The van der Waals surface area contributed by atoms with Gasteiger partial charge in [-0.3, -0.25) is 4.79 Å². The molecule has 8 heteroatoms. The average molecular weight is 447 g/mol. The smallest absolute Gasteiger partial charge is 0.261 e.